The van der Waals surface area contributed by atoms with Gasteiger partial charge in [-0.2, -0.15) is 0 Å². The first-order valence-electron chi connectivity index (χ1n) is 10.7. The number of carbonyl (C=O) groups is 1. The number of carbonyl (C=O) groups excluding carboxylic acids is 1. The largest absolute Gasteiger partial charge is 0.493 e. The molecule has 6 nitrogen and oxygen atoms in total. The molecule has 0 aliphatic carbocycles. The number of nitrogens with one attached hydrogen (secondary N) is 2. The third-order valence-corrected chi connectivity index (χ3v) is 5.69. The Morgan fingerprint density at radius 3 is 2.52 bits per heavy atom. The number of hydrogen-bond donors (Lipinski definition) is 2. The molecule has 1 aliphatic rings. The van der Waals surface area contributed by atoms with Gasteiger partial charge >= 0.3 is 6.03 Å². The molecule has 0 aromatic heterocycles. The molecular weight excluding hydrogens is 397 g/mol. The van der Waals surface area contributed by atoms with Gasteiger partial charge in [0.15, 0.2) is 11.5 Å². The maximum absolute atomic E-state index is 13.4. The summed E-state index contributed by atoms with van der Waals surface area (Å²) in [4.78, 5) is 14.7. The summed E-state index contributed by atoms with van der Waals surface area (Å²) in [6, 6.07) is 10.2. The van der Waals surface area contributed by atoms with Gasteiger partial charge in [0, 0.05) is 25.7 Å². The monoisotopic (exact) mass is 429 g/mol. The van der Waals surface area contributed by atoms with E-state index in [1.165, 1.54) is 17.7 Å². The zero-order valence-corrected chi connectivity index (χ0v) is 18.7. The molecular formula is C24H32FN3O3. The number of nitrogens with zero attached hydrogens (tertiary/aromatic N) is 1. The van der Waals surface area contributed by atoms with Crippen LogP contribution in [0.2, 0.25) is 0 Å². The Balaban J connectivity index is 1.93. The summed E-state index contributed by atoms with van der Waals surface area (Å²) in [5.41, 5.74) is 3.31. The van der Waals surface area contributed by atoms with Gasteiger partial charge in [-0.1, -0.05) is 19.1 Å². The predicted molar refractivity (Wildman–Crippen MR) is 119 cm³/mol. The van der Waals surface area contributed by atoms with Gasteiger partial charge in [-0.15, -0.1) is 0 Å². The second-order valence-electron chi connectivity index (χ2n) is 7.89. The Morgan fingerprint density at radius 2 is 1.87 bits per heavy atom. The fourth-order valence-corrected chi connectivity index (χ4v) is 4.19. The number of ether oxygens (including phenoxy) is 2. The molecule has 31 heavy (non-hydrogen) atoms. The van der Waals surface area contributed by atoms with E-state index >= 15 is 0 Å². The average molecular weight is 430 g/mol. The lowest BCUT2D eigenvalue weighted by molar-refractivity contribution is 0.143. The van der Waals surface area contributed by atoms with E-state index in [0.717, 1.165) is 30.5 Å². The first-order valence-corrected chi connectivity index (χ1v) is 10.7. The number of urea groups is 1. The number of hydrogen-bond acceptors (Lipinski definition) is 4. The Kier molecular flexibility index (Phi) is 7.74. The lowest BCUT2D eigenvalue weighted by Crippen LogP contribution is -2.49. The fraction of sp³-hybridized carbons (Fsp3) is 0.458. The number of rotatable bonds is 8. The molecule has 1 heterocycles. The average Bonchev–Trinajstić information content (AvgIpc) is 2.77. The highest BCUT2D eigenvalue weighted by molar-refractivity contribution is 5.74. The van der Waals surface area contributed by atoms with Gasteiger partial charge in [0.25, 0.3) is 0 Å². The summed E-state index contributed by atoms with van der Waals surface area (Å²) >= 11 is 0. The van der Waals surface area contributed by atoms with Crippen LogP contribution in [0.3, 0.4) is 0 Å². The predicted octanol–water partition coefficient (Wildman–Crippen LogP) is 4.04. The van der Waals surface area contributed by atoms with Crippen LogP contribution in [-0.2, 0) is 13.0 Å². The van der Waals surface area contributed by atoms with Crippen LogP contribution >= 0.6 is 0 Å². The van der Waals surface area contributed by atoms with Crippen molar-refractivity contribution in [2.24, 2.45) is 0 Å². The minimum Gasteiger partial charge on any atom is -0.493 e. The number of methoxy groups -OCH3 is 2. The first-order chi connectivity index (χ1) is 15.0. The van der Waals surface area contributed by atoms with Gasteiger partial charge in [-0.25, -0.2) is 9.18 Å². The molecule has 2 amide bonds. The zero-order valence-electron chi connectivity index (χ0n) is 18.7. The van der Waals surface area contributed by atoms with Crippen LogP contribution in [0.4, 0.5) is 9.18 Å². The molecule has 0 bridgehead atoms. The molecule has 0 saturated heterocycles. The molecule has 1 aliphatic heterocycles. The second kappa shape index (κ2) is 10.5. The van der Waals surface area contributed by atoms with E-state index in [1.54, 1.807) is 14.2 Å². The van der Waals surface area contributed by atoms with Crippen molar-refractivity contribution in [2.75, 3.05) is 27.3 Å². The van der Waals surface area contributed by atoms with Crippen molar-refractivity contribution in [2.45, 2.75) is 45.3 Å². The lowest BCUT2D eigenvalue weighted by atomic mass is 9.87. The Hall–Kier alpha value is -2.80. The van der Waals surface area contributed by atoms with E-state index in [9.17, 15) is 9.18 Å². The number of amides is 2. The van der Waals surface area contributed by atoms with Gasteiger partial charge in [-0.05, 0) is 60.7 Å². The number of benzene rings is 2. The van der Waals surface area contributed by atoms with Crippen molar-refractivity contribution in [1.29, 1.82) is 0 Å². The molecule has 0 fully saturated rings. The maximum Gasteiger partial charge on any atom is 0.315 e. The Morgan fingerprint density at radius 1 is 1.19 bits per heavy atom. The van der Waals surface area contributed by atoms with Crippen LogP contribution in [0.25, 0.3) is 0 Å². The molecule has 2 aromatic rings. The van der Waals surface area contributed by atoms with E-state index in [0.29, 0.717) is 24.6 Å². The van der Waals surface area contributed by atoms with Crippen LogP contribution in [0.1, 0.15) is 43.0 Å². The van der Waals surface area contributed by atoms with Gasteiger partial charge < -0.3 is 20.1 Å². The van der Waals surface area contributed by atoms with Gasteiger partial charge in [-0.3, -0.25) is 4.90 Å². The minimum absolute atomic E-state index is 0.0685. The third kappa shape index (κ3) is 5.47. The zero-order chi connectivity index (χ0) is 22.4. The summed E-state index contributed by atoms with van der Waals surface area (Å²) in [5, 5.41) is 5.98. The van der Waals surface area contributed by atoms with E-state index in [-0.39, 0.29) is 23.9 Å². The van der Waals surface area contributed by atoms with E-state index in [1.807, 2.05) is 38.1 Å². The highest BCUT2D eigenvalue weighted by Crippen LogP contribution is 2.40. The van der Waals surface area contributed by atoms with Crippen LogP contribution in [0.15, 0.2) is 36.4 Å². The number of fused-ring (bicyclic) bond motifs is 1. The second-order valence-corrected chi connectivity index (χ2v) is 7.89. The van der Waals surface area contributed by atoms with Crippen LogP contribution in [0.5, 0.6) is 11.5 Å². The molecule has 2 N–H and O–H groups in total. The van der Waals surface area contributed by atoms with Crippen LogP contribution < -0.4 is 20.1 Å². The van der Waals surface area contributed by atoms with E-state index in [2.05, 4.69) is 15.5 Å². The minimum atomic E-state index is -0.247. The van der Waals surface area contributed by atoms with Crippen molar-refractivity contribution >= 4 is 6.03 Å². The molecule has 0 spiro atoms. The standard InChI is InChI=1S/C24H32FN3O3/c1-5-11-26-24(29)27-16(2)23-20-14-22(31-4)21(30-3)13-18(20)10-12-28(23)15-17-6-8-19(25)9-7-17/h6-9,13-14,16,23H,5,10-12,15H2,1-4H3,(H2,26,27,29)/t16-,23+/m1/s1. The molecule has 0 saturated carbocycles. The van der Waals surface area contributed by atoms with E-state index < -0.39 is 0 Å². The van der Waals surface area contributed by atoms with Crippen molar-refractivity contribution < 1.29 is 18.7 Å². The molecule has 168 valence electrons. The normalized spacial score (nSPS) is 16.9. The fourth-order valence-electron chi connectivity index (χ4n) is 4.19. The van der Waals surface area contributed by atoms with Crippen molar-refractivity contribution in [3.8, 4) is 11.5 Å². The molecule has 0 unspecified atom stereocenters. The van der Waals surface area contributed by atoms with Crippen LogP contribution in [-0.4, -0.2) is 44.3 Å². The molecule has 2 atom stereocenters. The topological polar surface area (TPSA) is 62.8 Å². The highest BCUT2D eigenvalue weighted by Gasteiger charge is 2.33. The quantitative estimate of drug-likeness (QED) is 0.665. The first kappa shape index (κ1) is 22.9. The smallest absolute Gasteiger partial charge is 0.315 e. The number of halogens is 1. The summed E-state index contributed by atoms with van der Waals surface area (Å²) < 4.78 is 24.4. The van der Waals surface area contributed by atoms with Crippen molar-refractivity contribution in [3.63, 3.8) is 0 Å². The summed E-state index contributed by atoms with van der Waals surface area (Å²) in [7, 11) is 3.26. The summed E-state index contributed by atoms with van der Waals surface area (Å²) in [6.07, 6.45) is 1.73. The van der Waals surface area contributed by atoms with Crippen LogP contribution in [0, 0.1) is 5.82 Å². The Bertz CT molecular complexity index is 888. The SMILES string of the molecule is CCCNC(=O)N[C@H](C)[C@H]1c2cc(OC)c(OC)cc2CCN1Cc1ccc(F)cc1. The molecule has 7 heteroatoms. The van der Waals surface area contributed by atoms with Crippen molar-refractivity contribution in [1.82, 2.24) is 15.5 Å². The van der Waals surface area contributed by atoms with Gasteiger partial charge in [0.2, 0.25) is 0 Å². The maximum atomic E-state index is 13.4. The van der Waals surface area contributed by atoms with E-state index in [4.69, 9.17) is 9.47 Å². The van der Waals surface area contributed by atoms with Gasteiger partial charge in [0.05, 0.1) is 20.3 Å². The Labute approximate surface area is 183 Å². The molecule has 2 aromatic carbocycles. The van der Waals surface area contributed by atoms with Gasteiger partial charge in [0.1, 0.15) is 5.82 Å². The molecule has 3 rings (SSSR count). The lowest BCUT2D eigenvalue weighted by Gasteiger charge is -2.41. The summed E-state index contributed by atoms with van der Waals surface area (Å²) in [5.74, 6) is 1.12. The van der Waals surface area contributed by atoms with Crippen molar-refractivity contribution in [3.05, 3.63) is 58.9 Å². The highest BCUT2D eigenvalue weighted by atomic mass is 19.1. The summed E-state index contributed by atoms with van der Waals surface area (Å²) in [6.45, 7) is 6.13. The third-order valence-electron chi connectivity index (χ3n) is 5.69. The molecule has 0 radical (unpaired) electrons.